The monoisotopic (exact) mass is 320 g/mol. The molecule has 0 saturated carbocycles. The van der Waals surface area contributed by atoms with Crippen LogP contribution >= 0.6 is 0 Å². The number of carboxylic acids is 1. The van der Waals surface area contributed by atoms with E-state index in [0.29, 0.717) is 19.4 Å². The Bertz CT molecular complexity index is 553. The number of nitrogens with zero attached hydrogens (tertiary/aromatic N) is 2. The molecule has 1 aliphatic rings. The van der Waals surface area contributed by atoms with Crippen LogP contribution in [0.4, 0.5) is 5.69 Å². The Balaban J connectivity index is 1.97. The normalized spacial score (nSPS) is 15.5. The van der Waals surface area contributed by atoms with E-state index in [1.807, 2.05) is 18.2 Å². The first-order chi connectivity index (χ1) is 11.0. The van der Waals surface area contributed by atoms with Gasteiger partial charge in [0.1, 0.15) is 6.61 Å². The molecule has 126 valence electrons. The molecule has 2 rings (SSSR count). The van der Waals surface area contributed by atoms with Crippen LogP contribution in [0.5, 0.6) is 0 Å². The smallest absolute Gasteiger partial charge is 0.306 e. The fourth-order valence-corrected chi connectivity index (χ4v) is 2.83. The SMILES string of the molecule is COCC(=O)N(C)Cc1cccc(N2CCC(C(=O)O)CC2)c1. The number of likely N-dealkylation sites (N-methyl/N-ethyl adjacent to an activating group) is 1. The highest BCUT2D eigenvalue weighted by molar-refractivity contribution is 5.77. The number of rotatable bonds is 6. The number of carbonyl (C=O) groups is 2. The Morgan fingerprint density at radius 3 is 2.65 bits per heavy atom. The molecule has 0 aliphatic carbocycles. The van der Waals surface area contributed by atoms with Crippen molar-refractivity contribution in [1.29, 1.82) is 0 Å². The highest BCUT2D eigenvalue weighted by atomic mass is 16.5. The van der Waals surface area contributed by atoms with E-state index in [9.17, 15) is 9.59 Å². The van der Waals surface area contributed by atoms with E-state index in [2.05, 4.69) is 11.0 Å². The Hall–Kier alpha value is -2.08. The van der Waals surface area contributed by atoms with Gasteiger partial charge in [0.05, 0.1) is 5.92 Å². The summed E-state index contributed by atoms with van der Waals surface area (Å²) in [6.45, 7) is 2.11. The van der Waals surface area contributed by atoms with Crippen LogP contribution in [0.25, 0.3) is 0 Å². The van der Waals surface area contributed by atoms with Gasteiger partial charge in [-0.25, -0.2) is 0 Å². The second kappa shape index (κ2) is 7.97. The number of carboxylic acid groups (broad SMARTS) is 1. The van der Waals surface area contributed by atoms with E-state index in [1.165, 1.54) is 7.11 Å². The maximum atomic E-state index is 11.8. The zero-order valence-corrected chi connectivity index (χ0v) is 13.7. The van der Waals surface area contributed by atoms with Crippen LogP contribution < -0.4 is 4.90 Å². The highest BCUT2D eigenvalue weighted by Crippen LogP contribution is 2.24. The maximum Gasteiger partial charge on any atom is 0.306 e. The summed E-state index contributed by atoms with van der Waals surface area (Å²) in [7, 11) is 3.26. The molecule has 1 saturated heterocycles. The third-order valence-electron chi connectivity index (χ3n) is 4.23. The average Bonchev–Trinajstić information content (AvgIpc) is 2.55. The third-order valence-corrected chi connectivity index (χ3v) is 4.23. The number of ether oxygens (including phenoxy) is 1. The summed E-state index contributed by atoms with van der Waals surface area (Å²) in [5, 5.41) is 9.07. The summed E-state index contributed by atoms with van der Waals surface area (Å²) >= 11 is 0. The van der Waals surface area contributed by atoms with Crippen LogP contribution in [-0.2, 0) is 20.9 Å². The minimum Gasteiger partial charge on any atom is -0.481 e. The lowest BCUT2D eigenvalue weighted by Crippen LogP contribution is -2.36. The van der Waals surface area contributed by atoms with Gasteiger partial charge in [0.2, 0.25) is 5.91 Å². The standard InChI is InChI=1S/C17H24N2O4/c1-18(16(20)12-23-2)11-13-4-3-5-15(10-13)19-8-6-14(7-9-19)17(21)22/h3-5,10,14H,6-9,11-12H2,1-2H3,(H,21,22). The van der Waals surface area contributed by atoms with Gasteiger partial charge in [-0.2, -0.15) is 0 Å². The van der Waals surface area contributed by atoms with Gasteiger partial charge in [0, 0.05) is 39.5 Å². The molecular weight excluding hydrogens is 296 g/mol. The number of anilines is 1. The topological polar surface area (TPSA) is 70.1 Å². The van der Waals surface area contributed by atoms with Gasteiger partial charge >= 0.3 is 5.97 Å². The van der Waals surface area contributed by atoms with Gasteiger partial charge in [0.15, 0.2) is 0 Å². The number of piperidine rings is 1. The van der Waals surface area contributed by atoms with Crippen LogP contribution in [0.15, 0.2) is 24.3 Å². The molecule has 1 aliphatic heterocycles. The van der Waals surface area contributed by atoms with Crippen LogP contribution in [0.2, 0.25) is 0 Å². The molecule has 1 aromatic carbocycles. The summed E-state index contributed by atoms with van der Waals surface area (Å²) < 4.78 is 4.86. The summed E-state index contributed by atoms with van der Waals surface area (Å²) in [5.41, 5.74) is 2.13. The number of hydrogen-bond acceptors (Lipinski definition) is 4. The van der Waals surface area contributed by atoms with Gasteiger partial charge < -0.3 is 19.6 Å². The van der Waals surface area contributed by atoms with Gasteiger partial charge in [-0.1, -0.05) is 12.1 Å². The molecule has 1 heterocycles. The zero-order valence-electron chi connectivity index (χ0n) is 13.7. The first kappa shape index (κ1) is 17.3. The fourth-order valence-electron chi connectivity index (χ4n) is 2.83. The van der Waals surface area contributed by atoms with E-state index in [0.717, 1.165) is 24.3 Å². The van der Waals surface area contributed by atoms with Crippen molar-refractivity contribution in [3.05, 3.63) is 29.8 Å². The Kier molecular flexibility index (Phi) is 5.98. The Labute approximate surface area is 136 Å². The number of carbonyl (C=O) groups excluding carboxylic acids is 1. The summed E-state index contributed by atoms with van der Waals surface area (Å²) in [6.07, 6.45) is 1.34. The second-order valence-electron chi connectivity index (χ2n) is 5.95. The maximum absolute atomic E-state index is 11.8. The number of methoxy groups -OCH3 is 1. The van der Waals surface area contributed by atoms with Crippen LogP contribution in [0.3, 0.4) is 0 Å². The van der Waals surface area contributed by atoms with E-state index < -0.39 is 5.97 Å². The van der Waals surface area contributed by atoms with Crippen molar-refractivity contribution >= 4 is 17.6 Å². The molecule has 6 heteroatoms. The Morgan fingerprint density at radius 2 is 2.04 bits per heavy atom. The first-order valence-electron chi connectivity index (χ1n) is 7.81. The third kappa shape index (κ3) is 4.69. The van der Waals surface area contributed by atoms with Crippen molar-refractivity contribution < 1.29 is 19.4 Å². The quantitative estimate of drug-likeness (QED) is 0.862. The lowest BCUT2D eigenvalue weighted by molar-refractivity contribution is -0.142. The molecule has 1 amide bonds. The largest absolute Gasteiger partial charge is 0.481 e. The predicted molar refractivity (Wildman–Crippen MR) is 87.4 cm³/mol. The molecule has 0 radical (unpaired) electrons. The van der Waals surface area contributed by atoms with Crippen molar-refractivity contribution in [3.8, 4) is 0 Å². The number of benzene rings is 1. The Morgan fingerprint density at radius 1 is 1.35 bits per heavy atom. The average molecular weight is 320 g/mol. The molecule has 0 spiro atoms. The molecule has 23 heavy (non-hydrogen) atoms. The molecule has 0 aromatic heterocycles. The van der Waals surface area contributed by atoms with Gasteiger partial charge in [0.25, 0.3) is 0 Å². The van der Waals surface area contributed by atoms with E-state index in [-0.39, 0.29) is 18.4 Å². The fraction of sp³-hybridized carbons (Fsp3) is 0.529. The summed E-state index contributed by atoms with van der Waals surface area (Å²) in [5.74, 6) is -0.982. The highest BCUT2D eigenvalue weighted by Gasteiger charge is 2.24. The van der Waals surface area contributed by atoms with Crippen molar-refractivity contribution in [2.75, 3.05) is 38.8 Å². The van der Waals surface area contributed by atoms with Crippen LogP contribution in [0.1, 0.15) is 18.4 Å². The van der Waals surface area contributed by atoms with Crippen LogP contribution in [-0.4, -0.2) is 55.7 Å². The first-order valence-corrected chi connectivity index (χ1v) is 7.81. The summed E-state index contributed by atoms with van der Waals surface area (Å²) in [6, 6.07) is 8.06. The van der Waals surface area contributed by atoms with Crippen molar-refractivity contribution in [2.24, 2.45) is 5.92 Å². The van der Waals surface area contributed by atoms with Gasteiger partial charge in [-0.15, -0.1) is 0 Å². The van der Waals surface area contributed by atoms with Crippen LogP contribution in [0, 0.1) is 5.92 Å². The zero-order chi connectivity index (χ0) is 16.8. The molecule has 0 atom stereocenters. The van der Waals surface area contributed by atoms with E-state index in [4.69, 9.17) is 9.84 Å². The molecule has 6 nitrogen and oxygen atoms in total. The van der Waals surface area contributed by atoms with Gasteiger partial charge in [-0.05, 0) is 30.5 Å². The number of aliphatic carboxylic acids is 1. The number of amides is 1. The van der Waals surface area contributed by atoms with E-state index in [1.54, 1.807) is 11.9 Å². The predicted octanol–water partition coefficient (Wildman–Crippen LogP) is 1.59. The lowest BCUT2D eigenvalue weighted by atomic mass is 9.96. The lowest BCUT2D eigenvalue weighted by Gasteiger charge is -2.32. The molecule has 1 fully saturated rings. The minimum absolute atomic E-state index is 0.0554. The molecular formula is C17H24N2O4. The van der Waals surface area contributed by atoms with Crippen molar-refractivity contribution in [1.82, 2.24) is 4.90 Å². The minimum atomic E-state index is -0.698. The molecule has 1 N–H and O–H groups in total. The van der Waals surface area contributed by atoms with Gasteiger partial charge in [-0.3, -0.25) is 9.59 Å². The van der Waals surface area contributed by atoms with Crippen molar-refractivity contribution in [2.45, 2.75) is 19.4 Å². The molecule has 0 unspecified atom stereocenters. The van der Waals surface area contributed by atoms with Crippen molar-refractivity contribution in [3.63, 3.8) is 0 Å². The molecule has 1 aromatic rings. The second-order valence-corrected chi connectivity index (χ2v) is 5.95. The molecule has 0 bridgehead atoms. The summed E-state index contributed by atoms with van der Waals surface area (Å²) in [4.78, 5) is 26.6. The van der Waals surface area contributed by atoms with E-state index >= 15 is 0 Å². The number of hydrogen-bond donors (Lipinski definition) is 1.